The average Bonchev–Trinajstić information content (AvgIpc) is 2.74. The van der Waals surface area contributed by atoms with Crippen LogP contribution < -0.4 is 0 Å². The average molecular weight is 331 g/mol. The Morgan fingerprint density at radius 3 is 2.79 bits per heavy atom. The summed E-state index contributed by atoms with van der Waals surface area (Å²) in [6, 6.07) is 3.82. The fraction of sp³-hybridized carbons (Fsp3) is 0.611. The van der Waals surface area contributed by atoms with Crippen molar-refractivity contribution in [3.8, 4) is 0 Å². The molecular formula is C18H25N3O3. The van der Waals surface area contributed by atoms with Crippen LogP contribution in [0.3, 0.4) is 0 Å². The number of hydrogen-bond acceptors (Lipinski definition) is 4. The summed E-state index contributed by atoms with van der Waals surface area (Å²) in [6.45, 7) is 8.02. The molecule has 0 spiro atoms. The number of pyridine rings is 1. The van der Waals surface area contributed by atoms with E-state index in [0.29, 0.717) is 25.3 Å². The lowest BCUT2D eigenvalue weighted by molar-refractivity contribution is -0.136. The topological polar surface area (TPSA) is 62.7 Å². The summed E-state index contributed by atoms with van der Waals surface area (Å²) in [7, 11) is 0. The second kappa shape index (κ2) is 6.89. The van der Waals surface area contributed by atoms with E-state index in [-0.39, 0.29) is 36.5 Å². The van der Waals surface area contributed by atoms with E-state index in [4.69, 9.17) is 4.74 Å². The smallest absolute Gasteiger partial charge is 0.272 e. The first-order valence-corrected chi connectivity index (χ1v) is 8.58. The Hall–Kier alpha value is -1.95. The normalized spacial score (nSPS) is 24.8. The maximum atomic E-state index is 12.7. The van der Waals surface area contributed by atoms with Crippen LogP contribution in [-0.2, 0) is 9.53 Å². The number of aromatic nitrogens is 1. The van der Waals surface area contributed by atoms with Crippen LogP contribution in [0.2, 0.25) is 0 Å². The SMILES string of the molecule is Cc1ccc(C(=O)N2CC[C@@H]3OCC(=O)N(C(C)C)C[C@H]3C2)nc1. The van der Waals surface area contributed by atoms with Gasteiger partial charge in [-0.05, 0) is 38.8 Å². The van der Waals surface area contributed by atoms with E-state index in [2.05, 4.69) is 4.98 Å². The maximum absolute atomic E-state index is 12.7. The molecule has 0 unspecified atom stereocenters. The summed E-state index contributed by atoms with van der Waals surface area (Å²) in [5.41, 5.74) is 1.51. The third-order valence-corrected chi connectivity index (χ3v) is 4.88. The summed E-state index contributed by atoms with van der Waals surface area (Å²) in [4.78, 5) is 32.8. The van der Waals surface area contributed by atoms with Crippen molar-refractivity contribution in [1.29, 1.82) is 0 Å². The summed E-state index contributed by atoms with van der Waals surface area (Å²) < 4.78 is 5.80. The third kappa shape index (κ3) is 3.43. The molecule has 1 aromatic rings. The van der Waals surface area contributed by atoms with Crippen molar-refractivity contribution < 1.29 is 14.3 Å². The van der Waals surface area contributed by atoms with Crippen LogP contribution in [0.4, 0.5) is 0 Å². The number of hydrogen-bond donors (Lipinski definition) is 0. The molecule has 6 heteroatoms. The van der Waals surface area contributed by atoms with Crippen molar-refractivity contribution in [2.45, 2.75) is 39.3 Å². The molecule has 3 heterocycles. The molecular weight excluding hydrogens is 306 g/mol. The second-order valence-electron chi connectivity index (χ2n) is 7.01. The zero-order chi connectivity index (χ0) is 17.3. The predicted octanol–water partition coefficient (Wildman–Crippen LogP) is 1.49. The summed E-state index contributed by atoms with van der Waals surface area (Å²) in [5.74, 6) is 0.152. The van der Waals surface area contributed by atoms with Crippen LogP contribution in [0.25, 0.3) is 0 Å². The Kier molecular flexibility index (Phi) is 4.85. The lowest BCUT2D eigenvalue weighted by Crippen LogP contribution is -2.50. The minimum absolute atomic E-state index is 0.0393. The van der Waals surface area contributed by atoms with Gasteiger partial charge >= 0.3 is 0 Å². The van der Waals surface area contributed by atoms with Gasteiger partial charge in [0, 0.05) is 37.8 Å². The Balaban J connectivity index is 1.72. The molecule has 0 aliphatic carbocycles. The fourth-order valence-corrected chi connectivity index (χ4v) is 3.46. The highest BCUT2D eigenvalue weighted by atomic mass is 16.5. The van der Waals surface area contributed by atoms with Gasteiger partial charge in [-0.15, -0.1) is 0 Å². The first kappa shape index (κ1) is 16.9. The van der Waals surface area contributed by atoms with E-state index in [1.54, 1.807) is 12.3 Å². The molecule has 3 rings (SSSR count). The van der Waals surface area contributed by atoms with Crippen molar-refractivity contribution in [3.63, 3.8) is 0 Å². The Bertz CT molecular complexity index is 614. The number of carbonyl (C=O) groups excluding carboxylic acids is 2. The zero-order valence-corrected chi connectivity index (χ0v) is 14.6. The lowest BCUT2D eigenvalue weighted by atomic mass is 9.93. The summed E-state index contributed by atoms with van der Waals surface area (Å²) in [5, 5.41) is 0. The van der Waals surface area contributed by atoms with E-state index in [0.717, 1.165) is 12.0 Å². The van der Waals surface area contributed by atoms with E-state index >= 15 is 0 Å². The largest absolute Gasteiger partial charge is 0.368 e. The number of nitrogens with zero attached hydrogens (tertiary/aromatic N) is 3. The number of amides is 2. The molecule has 0 bridgehead atoms. The number of ether oxygens (including phenoxy) is 1. The third-order valence-electron chi connectivity index (χ3n) is 4.88. The molecule has 1 aromatic heterocycles. The van der Waals surface area contributed by atoms with Gasteiger partial charge in [0.05, 0.1) is 6.10 Å². The van der Waals surface area contributed by atoms with Gasteiger partial charge in [0.25, 0.3) is 5.91 Å². The van der Waals surface area contributed by atoms with Gasteiger partial charge in [0.2, 0.25) is 5.91 Å². The van der Waals surface area contributed by atoms with Gasteiger partial charge < -0.3 is 14.5 Å². The molecule has 0 saturated carbocycles. The number of likely N-dealkylation sites (tertiary alicyclic amines) is 1. The molecule has 24 heavy (non-hydrogen) atoms. The number of aryl methyl sites for hydroxylation is 1. The standard InChI is InChI=1S/C18H25N3O3/c1-12(2)21-10-14-9-20(7-6-16(14)24-11-17(21)22)18(23)15-5-4-13(3)8-19-15/h4-5,8,12,14,16H,6-7,9-11H2,1-3H3/t14-,16+/m1/s1. The van der Waals surface area contributed by atoms with Crippen molar-refractivity contribution >= 4 is 11.8 Å². The van der Waals surface area contributed by atoms with Gasteiger partial charge in [-0.3, -0.25) is 14.6 Å². The van der Waals surface area contributed by atoms with Crippen LogP contribution in [0.1, 0.15) is 36.3 Å². The fourth-order valence-electron chi connectivity index (χ4n) is 3.46. The molecule has 2 aliphatic heterocycles. The molecule has 6 nitrogen and oxygen atoms in total. The molecule has 0 radical (unpaired) electrons. The van der Waals surface area contributed by atoms with Crippen LogP contribution in [0.15, 0.2) is 18.3 Å². The van der Waals surface area contributed by atoms with Gasteiger partial charge in [-0.2, -0.15) is 0 Å². The van der Waals surface area contributed by atoms with E-state index in [1.807, 2.05) is 36.6 Å². The first-order chi connectivity index (χ1) is 11.5. The lowest BCUT2D eigenvalue weighted by Gasteiger charge is -2.38. The van der Waals surface area contributed by atoms with Crippen LogP contribution in [0.5, 0.6) is 0 Å². The minimum Gasteiger partial charge on any atom is -0.368 e. The maximum Gasteiger partial charge on any atom is 0.272 e. The van der Waals surface area contributed by atoms with E-state index in [9.17, 15) is 9.59 Å². The van der Waals surface area contributed by atoms with Crippen LogP contribution in [0, 0.1) is 12.8 Å². The predicted molar refractivity (Wildman–Crippen MR) is 89.6 cm³/mol. The summed E-state index contributed by atoms with van der Waals surface area (Å²) in [6.07, 6.45) is 2.53. The zero-order valence-electron chi connectivity index (χ0n) is 14.6. The van der Waals surface area contributed by atoms with Crippen LogP contribution >= 0.6 is 0 Å². The number of piperidine rings is 1. The quantitative estimate of drug-likeness (QED) is 0.824. The minimum atomic E-state index is -0.0416. The molecule has 0 N–H and O–H groups in total. The number of rotatable bonds is 2. The highest BCUT2D eigenvalue weighted by molar-refractivity contribution is 5.92. The number of fused-ring (bicyclic) bond motifs is 1. The molecule has 2 atom stereocenters. The van der Waals surface area contributed by atoms with Crippen LogP contribution in [-0.4, -0.2) is 65.0 Å². The van der Waals surface area contributed by atoms with Crippen molar-refractivity contribution in [2.24, 2.45) is 5.92 Å². The molecule has 2 amide bonds. The summed E-state index contributed by atoms with van der Waals surface area (Å²) >= 11 is 0. The Labute approximate surface area is 142 Å². The number of carbonyl (C=O) groups is 2. The first-order valence-electron chi connectivity index (χ1n) is 8.58. The highest BCUT2D eigenvalue weighted by Gasteiger charge is 2.38. The van der Waals surface area contributed by atoms with E-state index < -0.39 is 0 Å². The van der Waals surface area contributed by atoms with Crippen molar-refractivity contribution in [3.05, 3.63) is 29.6 Å². The second-order valence-corrected chi connectivity index (χ2v) is 7.01. The molecule has 2 saturated heterocycles. The molecule has 0 aromatic carbocycles. The Morgan fingerprint density at radius 2 is 2.12 bits per heavy atom. The molecule has 2 aliphatic rings. The molecule has 130 valence electrons. The van der Waals surface area contributed by atoms with E-state index in [1.165, 1.54) is 0 Å². The van der Waals surface area contributed by atoms with Crippen molar-refractivity contribution in [2.75, 3.05) is 26.2 Å². The van der Waals surface area contributed by atoms with Gasteiger partial charge in [0.15, 0.2) is 0 Å². The van der Waals surface area contributed by atoms with Gasteiger partial charge in [-0.25, -0.2) is 0 Å². The Morgan fingerprint density at radius 1 is 1.33 bits per heavy atom. The highest BCUT2D eigenvalue weighted by Crippen LogP contribution is 2.26. The monoisotopic (exact) mass is 331 g/mol. The van der Waals surface area contributed by atoms with Gasteiger partial charge in [0.1, 0.15) is 12.3 Å². The molecule has 2 fully saturated rings. The van der Waals surface area contributed by atoms with Crippen molar-refractivity contribution in [1.82, 2.24) is 14.8 Å². The van der Waals surface area contributed by atoms with Gasteiger partial charge in [-0.1, -0.05) is 6.07 Å².